The molecule has 4 heteroatoms. The molecule has 1 aromatic heterocycles. The van der Waals surface area contributed by atoms with Gasteiger partial charge >= 0.3 is 0 Å². The highest BCUT2D eigenvalue weighted by molar-refractivity contribution is 4.99. The monoisotopic (exact) mass is 223 g/mol. The van der Waals surface area contributed by atoms with E-state index in [0.29, 0.717) is 6.04 Å². The zero-order valence-electron chi connectivity index (χ0n) is 10.1. The number of aliphatic hydroxyl groups excluding tert-OH is 1. The van der Waals surface area contributed by atoms with Gasteiger partial charge in [-0.25, -0.2) is 0 Å². The summed E-state index contributed by atoms with van der Waals surface area (Å²) in [5.74, 6) is 0. The van der Waals surface area contributed by atoms with Crippen molar-refractivity contribution in [1.29, 1.82) is 0 Å². The first kappa shape index (κ1) is 11.6. The van der Waals surface area contributed by atoms with Gasteiger partial charge in [-0.2, -0.15) is 5.10 Å². The van der Waals surface area contributed by atoms with Gasteiger partial charge in [-0.15, -0.1) is 0 Å². The number of nitrogens with zero attached hydrogens (tertiary/aromatic N) is 3. The average molecular weight is 223 g/mol. The molecular weight excluding hydrogens is 202 g/mol. The first-order valence-electron chi connectivity index (χ1n) is 6.09. The van der Waals surface area contributed by atoms with Gasteiger partial charge in [-0.3, -0.25) is 9.58 Å². The third kappa shape index (κ3) is 2.83. The second-order valence-electron chi connectivity index (χ2n) is 4.89. The van der Waals surface area contributed by atoms with Crippen LogP contribution >= 0.6 is 0 Å². The third-order valence-electron chi connectivity index (χ3n) is 3.14. The Morgan fingerprint density at radius 1 is 1.44 bits per heavy atom. The summed E-state index contributed by atoms with van der Waals surface area (Å²) in [4.78, 5) is 2.36. The Kier molecular flexibility index (Phi) is 3.61. The fraction of sp³-hybridized carbons (Fsp3) is 0.750. The van der Waals surface area contributed by atoms with Crippen molar-refractivity contribution < 1.29 is 5.11 Å². The second kappa shape index (κ2) is 4.97. The van der Waals surface area contributed by atoms with Gasteiger partial charge in [0.25, 0.3) is 0 Å². The van der Waals surface area contributed by atoms with Crippen LogP contribution < -0.4 is 0 Å². The molecule has 0 aromatic carbocycles. The van der Waals surface area contributed by atoms with Crippen LogP contribution in [0.25, 0.3) is 0 Å². The quantitative estimate of drug-likeness (QED) is 0.842. The van der Waals surface area contributed by atoms with Crippen LogP contribution in [0.4, 0.5) is 0 Å². The number of piperidine rings is 1. The zero-order valence-corrected chi connectivity index (χ0v) is 10.1. The van der Waals surface area contributed by atoms with E-state index >= 15 is 0 Å². The minimum absolute atomic E-state index is 0.0931. The number of rotatable bonds is 3. The topological polar surface area (TPSA) is 41.3 Å². The number of likely N-dealkylation sites (tertiary alicyclic amines) is 1. The fourth-order valence-corrected chi connectivity index (χ4v) is 2.06. The van der Waals surface area contributed by atoms with Crippen LogP contribution in [0.2, 0.25) is 0 Å². The van der Waals surface area contributed by atoms with Crippen LogP contribution in [-0.2, 0) is 6.54 Å². The van der Waals surface area contributed by atoms with Gasteiger partial charge in [0.2, 0.25) is 0 Å². The van der Waals surface area contributed by atoms with Crippen LogP contribution in [0.15, 0.2) is 12.3 Å². The molecule has 0 atom stereocenters. The Morgan fingerprint density at radius 3 is 2.69 bits per heavy atom. The normalized spacial score (nSPS) is 19.5. The van der Waals surface area contributed by atoms with Crippen molar-refractivity contribution in [2.24, 2.45) is 0 Å². The molecule has 0 amide bonds. The molecular formula is C12H21N3O. The van der Waals surface area contributed by atoms with Crippen LogP contribution in [0.1, 0.15) is 38.4 Å². The molecule has 16 heavy (non-hydrogen) atoms. The Morgan fingerprint density at radius 2 is 2.12 bits per heavy atom. The fourth-order valence-electron chi connectivity index (χ4n) is 2.06. The summed E-state index contributed by atoms with van der Waals surface area (Å²) < 4.78 is 1.99. The minimum Gasteiger partial charge on any atom is -0.393 e. The van der Waals surface area contributed by atoms with Gasteiger partial charge < -0.3 is 5.11 Å². The molecule has 0 spiro atoms. The SMILES string of the molecule is CC(C)n1ccc(CN2CCC(O)CC2)n1. The summed E-state index contributed by atoms with van der Waals surface area (Å²) in [6, 6.07) is 2.52. The summed E-state index contributed by atoms with van der Waals surface area (Å²) in [5, 5.41) is 14.0. The van der Waals surface area contributed by atoms with E-state index in [2.05, 4.69) is 29.9 Å². The molecule has 0 aliphatic carbocycles. The summed E-state index contributed by atoms with van der Waals surface area (Å²) in [7, 11) is 0. The highest BCUT2D eigenvalue weighted by Crippen LogP contribution is 2.13. The molecule has 90 valence electrons. The van der Waals surface area contributed by atoms with Crippen molar-refractivity contribution in [2.45, 2.75) is 45.4 Å². The van der Waals surface area contributed by atoms with Gasteiger partial charge in [0.05, 0.1) is 11.8 Å². The molecule has 0 saturated carbocycles. The van der Waals surface area contributed by atoms with Crippen LogP contribution in [0.5, 0.6) is 0 Å². The van der Waals surface area contributed by atoms with Gasteiger partial charge in [0, 0.05) is 31.9 Å². The average Bonchev–Trinajstić information content (AvgIpc) is 2.70. The Balaban J connectivity index is 1.88. The lowest BCUT2D eigenvalue weighted by molar-refractivity contribution is 0.0785. The highest BCUT2D eigenvalue weighted by atomic mass is 16.3. The molecule has 1 saturated heterocycles. The van der Waals surface area contributed by atoms with Gasteiger partial charge in [-0.1, -0.05) is 0 Å². The van der Waals surface area contributed by atoms with E-state index < -0.39 is 0 Å². The van der Waals surface area contributed by atoms with Crippen LogP contribution in [-0.4, -0.2) is 39.0 Å². The Labute approximate surface area is 96.9 Å². The van der Waals surface area contributed by atoms with Gasteiger partial charge in [0.1, 0.15) is 0 Å². The number of hydrogen-bond donors (Lipinski definition) is 1. The predicted molar refractivity (Wildman–Crippen MR) is 63.1 cm³/mol. The number of aliphatic hydroxyl groups is 1. The predicted octanol–water partition coefficient (Wildman–Crippen LogP) is 1.42. The van der Waals surface area contributed by atoms with E-state index in [-0.39, 0.29) is 6.10 Å². The van der Waals surface area contributed by atoms with E-state index in [0.717, 1.165) is 38.2 Å². The molecule has 1 fully saturated rings. The first-order valence-corrected chi connectivity index (χ1v) is 6.09. The van der Waals surface area contributed by atoms with Crippen LogP contribution in [0, 0.1) is 0 Å². The standard InChI is InChI=1S/C12H21N3O/c1-10(2)15-8-3-11(13-15)9-14-6-4-12(16)5-7-14/h3,8,10,12,16H,4-7,9H2,1-2H3. The maximum atomic E-state index is 9.42. The van der Waals surface area contributed by atoms with E-state index in [1.165, 1.54) is 0 Å². The van der Waals surface area contributed by atoms with Gasteiger partial charge in [-0.05, 0) is 32.8 Å². The number of aromatic nitrogens is 2. The summed E-state index contributed by atoms with van der Waals surface area (Å²) >= 11 is 0. The third-order valence-corrected chi connectivity index (χ3v) is 3.14. The largest absolute Gasteiger partial charge is 0.393 e. The maximum Gasteiger partial charge on any atom is 0.0764 e. The van der Waals surface area contributed by atoms with Crippen molar-refractivity contribution >= 4 is 0 Å². The molecule has 1 aliphatic rings. The lowest BCUT2D eigenvalue weighted by Crippen LogP contribution is -2.35. The molecule has 0 bridgehead atoms. The highest BCUT2D eigenvalue weighted by Gasteiger charge is 2.17. The smallest absolute Gasteiger partial charge is 0.0764 e. The van der Waals surface area contributed by atoms with Crippen molar-refractivity contribution in [3.05, 3.63) is 18.0 Å². The summed E-state index contributed by atoms with van der Waals surface area (Å²) in [6.45, 7) is 7.14. The Hall–Kier alpha value is -0.870. The molecule has 1 aromatic rings. The molecule has 0 unspecified atom stereocenters. The van der Waals surface area contributed by atoms with Crippen LogP contribution in [0.3, 0.4) is 0 Å². The molecule has 2 heterocycles. The zero-order chi connectivity index (χ0) is 11.5. The Bertz CT molecular complexity index is 327. The maximum absolute atomic E-state index is 9.42. The van der Waals surface area contributed by atoms with E-state index in [1.807, 2.05) is 10.9 Å². The molecule has 4 nitrogen and oxygen atoms in total. The molecule has 1 N–H and O–H groups in total. The second-order valence-corrected chi connectivity index (χ2v) is 4.89. The molecule has 2 rings (SSSR count). The lowest BCUT2D eigenvalue weighted by Gasteiger charge is -2.28. The number of hydrogen-bond acceptors (Lipinski definition) is 3. The van der Waals surface area contributed by atoms with Crippen molar-refractivity contribution in [2.75, 3.05) is 13.1 Å². The van der Waals surface area contributed by atoms with E-state index in [4.69, 9.17) is 0 Å². The minimum atomic E-state index is -0.0931. The lowest BCUT2D eigenvalue weighted by atomic mass is 10.1. The van der Waals surface area contributed by atoms with Gasteiger partial charge in [0.15, 0.2) is 0 Å². The molecule has 1 aliphatic heterocycles. The van der Waals surface area contributed by atoms with Crippen molar-refractivity contribution in [1.82, 2.24) is 14.7 Å². The van der Waals surface area contributed by atoms with E-state index in [9.17, 15) is 5.11 Å². The summed E-state index contributed by atoms with van der Waals surface area (Å²) in [5.41, 5.74) is 1.13. The van der Waals surface area contributed by atoms with Crippen molar-refractivity contribution in [3.63, 3.8) is 0 Å². The summed E-state index contributed by atoms with van der Waals surface area (Å²) in [6.07, 6.45) is 3.73. The van der Waals surface area contributed by atoms with E-state index in [1.54, 1.807) is 0 Å². The molecule has 0 radical (unpaired) electrons. The first-order chi connectivity index (χ1) is 7.65. The van der Waals surface area contributed by atoms with Crippen molar-refractivity contribution in [3.8, 4) is 0 Å².